The average Bonchev–Trinajstić information content (AvgIpc) is 2.25. The quantitative estimate of drug-likeness (QED) is 0.896. The molecule has 0 saturated heterocycles. The Morgan fingerprint density at radius 2 is 2.11 bits per heavy atom. The topological polar surface area (TPSA) is 72.5 Å². The third-order valence-corrected chi connectivity index (χ3v) is 2.72. The Labute approximate surface area is 111 Å². The number of methoxy groups -OCH3 is 1. The van der Waals surface area contributed by atoms with Crippen LogP contribution in [0.4, 0.5) is 13.2 Å². The summed E-state index contributed by atoms with van der Waals surface area (Å²) in [6.07, 6.45) is -5.05. The number of ether oxygens (including phenoxy) is 1. The fourth-order valence-corrected chi connectivity index (χ4v) is 1.93. The van der Waals surface area contributed by atoms with Crippen molar-refractivity contribution < 1.29 is 27.8 Å². The van der Waals surface area contributed by atoms with Crippen LogP contribution in [0.25, 0.3) is 0 Å². The molecule has 0 bridgehead atoms. The smallest absolute Gasteiger partial charge is 0.416 e. The lowest BCUT2D eigenvalue weighted by Gasteiger charge is -2.18. The van der Waals surface area contributed by atoms with Crippen molar-refractivity contribution in [2.45, 2.75) is 18.6 Å². The molecule has 1 aromatic carbocycles. The van der Waals surface area contributed by atoms with Crippen LogP contribution < -0.4 is 10.5 Å². The van der Waals surface area contributed by atoms with Crippen molar-refractivity contribution in [3.63, 3.8) is 0 Å². The molecule has 0 saturated carbocycles. The number of benzene rings is 1. The predicted octanol–water partition coefficient (Wildman–Crippen LogP) is 2.84. The Kier molecular flexibility index (Phi) is 4.65. The van der Waals surface area contributed by atoms with Crippen molar-refractivity contribution in [1.29, 1.82) is 0 Å². The van der Waals surface area contributed by atoms with Gasteiger partial charge in [-0.15, -0.1) is 0 Å². The maximum Gasteiger partial charge on any atom is 0.416 e. The van der Waals surface area contributed by atoms with Crippen LogP contribution in [-0.2, 0) is 11.0 Å². The van der Waals surface area contributed by atoms with E-state index in [2.05, 4.69) is 0 Å². The molecule has 1 rings (SSSR count). The highest BCUT2D eigenvalue weighted by atomic mass is 35.5. The van der Waals surface area contributed by atoms with Crippen molar-refractivity contribution in [2.24, 2.45) is 5.73 Å². The lowest BCUT2D eigenvalue weighted by Crippen LogP contribution is -2.17. The molecule has 1 unspecified atom stereocenters. The van der Waals surface area contributed by atoms with Gasteiger partial charge in [-0.3, -0.25) is 4.79 Å². The van der Waals surface area contributed by atoms with Crippen molar-refractivity contribution >= 4 is 17.6 Å². The van der Waals surface area contributed by atoms with Crippen LogP contribution in [0.1, 0.15) is 23.6 Å². The summed E-state index contributed by atoms with van der Waals surface area (Å²) < 4.78 is 42.6. The molecule has 0 spiro atoms. The van der Waals surface area contributed by atoms with Gasteiger partial charge in [0.15, 0.2) is 0 Å². The van der Waals surface area contributed by atoms with Crippen LogP contribution in [0.3, 0.4) is 0 Å². The zero-order valence-corrected chi connectivity index (χ0v) is 10.5. The molecular weight excluding hydrogens is 287 g/mol. The normalized spacial score (nSPS) is 13.2. The minimum absolute atomic E-state index is 0.0413. The summed E-state index contributed by atoms with van der Waals surface area (Å²) in [5.41, 5.74) is 4.66. The van der Waals surface area contributed by atoms with E-state index in [0.29, 0.717) is 6.07 Å². The monoisotopic (exact) mass is 297 g/mol. The second kappa shape index (κ2) is 5.66. The fourth-order valence-electron chi connectivity index (χ4n) is 1.58. The van der Waals surface area contributed by atoms with Crippen molar-refractivity contribution in [2.75, 3.05) is 7.11 Å². The number of carboxylic acid groups (broad SMARTS) is 1. The van der Waals surface area contributed by atoms with E-state index in [9.17, 15) is 18.0 Å². The Bertz CT molecular complexity index is 491. The van der Waals surface area contributed by atoms with Gasteiger partial charge in [0.25, 0.3) is 0 Å². The van der Waals surface area contributed by atoms with E-state index in [-0.39, 0.29) is 16.3 Å². The van der Waals surface area contributed by atoms with E-state index in [0.717, 1.165) is 13.2 Å². The Morgan fingerprint density at radius 1 is 1.53 bits per heavy atom. The summed E-state index contributed by atoms with van der Waals surface area (Å²) in [5.74, 6) is -1.38. The third-order valence-electron chi connectivity index (χ3n) is 2.40. The molecule has 0 aromatic heterocycles. The van der Waals surface area contributed by atoms with E-state index >= 15 is 0 Å². The lowest BCUT2D eigenvalue weighted by atomic mass is 10.0. The van der Waals surface area contributed by atoms with E-state index in [1.165, 1.54) is 0 Å². The SMILES string of the molecule is COc1cc(C(F)(F)F)cc(Cl)c1C(N)CC(=O)O. The van der Waals surface area contributed by atoms with Crippen molar-refractivity contribution in [3.05, 3.63) is 28.3 Å². The first kappa shape index (κ1) is 15.6. The van der Waals surface area contributed by atoms with Gasteiger partial charge in [-0.05, 0) is 12.1 Å². The van der Waals surface area contributed by atoms with Crippen LogP contribution >= 0.6 is 11.6 Å². The Hall–Kier alpha value is -1.47. The first-order valence-electron chi connectivity index (χ1n) is 5.08. The van der Waals surface area contributed by atoms with Gasteiger partial charge in [0.1, 0.15) is 5.75 Å². The zero-order valence-electron chi connectivity index (χ0n) is 9.79. The van der Waals surface area contributed by atoms with Gasteiger partial charge in [-0.2, -0.15) is 13.2 Å². The molecule has 0 amide bonds. The molecular formula is C11H11ClF3NO3. The number of halogens is 4. The minimum atomic E-state index is -4.58. The lowest BCUT2D eigenvalue weighted by molar-refractivity contribution is -0.138. The molecule has 0 fully saturated rings. The fraction of sp³-hybridized carbons (Fsp3) is 0.364. The van der Waals surface area contributed by atoms with Gasteiger partial charge >= 0.3 is 12.1 Å². The van der Waals surface area contributed by atoms with Crippen LogP contribution in [0, 0.1) is 0 Å². The summed E-state index contributed by atoms with van der Waals surface area (Å²) in [6.45, 7) is 0. The summed E-state index contributed by atoms with van der Waals surface area (Å²) in [6, 6.07) is 0.381. The molecule has 1 atom stereocenters. The van der Waals surface area contributed by atoms with Crippen LogP contribution in [-0.4, -0.2) is 18.2 Å². The molecule has 3 N–H and O–H groups in total. The third kappa shape index (κ3) is 3.74. The van der Waals surface area contributed by atoms with Crippen LogP contribution in [0.15, 0.2) is 12.1 Å². The molecule has 1 aromatic rings. The van der Waals surface area contributed by atoms with Gasteiger partial charge in [-0.1, -0.05) is 11.6 Å². The molecule has 8 heteroatoms. The van der Waals surface area contributed by atoms with Crippen molar-refractivity contribution in [3.8, 4) is 5.75 Å². The largest absolute Gasteiger partial charge is 0.496 e. The first-order chi connectivity index (χ1) is 8.66. The highest BCUT2D eigenvalue weighted by molar-refractivity contribution is 6.31. The first-order valence-corrected chi connectivity index (χ1v) is 5.46. The van der Waals surface area contributed by atoms with E-state index in [4.69, 9.17) is 27.2 Å². The summed E-state index contributed by atoms with van der Waals surface area (Å²) in [4.78, 5) is 10.6. The van der Waals surface area contributed by atoms with E-state index in [1.807, 2.05) is 0 Å². The maximum absolute atomic E-state index is 12.6. The van der Waals surface area contributed by atoms with Gasteiger partial charge < -0.3 is 15.6 Å². The number of carboxylic acids is 1. The zero-order chi connectivity index (χ0) is 14.8. The summed E-state index contributed by atoms with van der Waals surface area (Å²) in [5, 5.41) is 8.36. The van der Waals surface area contributed by atoms with Crippen LogP contribution in [0.2, 0.25) is 5.02 Å². The molecule has 4 nitrogen and oxygen atoms in total. The average molecular weight is 298 g/mol. The van der Waals surface area contributed by atoms with Gasteiger partial charge in [0.05, 0.1) is 19.1 Å². The number of aliphatic carboxylic acids is 1. The second-order valence-corrected chi connectivity index (χ2v) is 4.18. The number of hydrogen-bond donors (Lipinski definition) is 2. The number of alkyl halides is 3. The van der Waals surface area contributed by atoms with Gasteiger partial charge in [0.2, 0.25) is 0 Å². The molecule has 0 heterocycles. The van der Waals surface area contributed by atoms with E-state index in [1.54, 1.807) is 0 Å². The van der Waals surface area contributed by atoms with E-state index < -0.39 is 30.2 Å². The van der Waals surface area contributed by atoms with Crippen molar-refractivity contribution in [1.82, 2.24) is 0 Å². The standard InChI is InChI=1S/C11H11ClF3NO3/c1-19-8-3-5(11(13,14)15)2-6(12)10(8)7(16)4-9(17)18/h2-3,7H,4,16H2,1H3,(H,17,18). The van der Waals surface area contributed by atoms with Crippen LogP contribution in [0.5, 0.6) is 5.75 Å². The number of carbonyl (C=O) groups is 1. The Morgan fingerprint density at radius 3 is 2.53 bits per heavy atom. The molecule has 0 aliphatic rings. The summed E-state index contributed by atoms with van der Waals surface area (Å²) >= 11 is 5.74. The predicted molar refractivity (Wildman–Crippen MR) is 62.2 cm³/mol. The highest BCUT2D eigenvalue weighted by Crippen LogP contribution is 2.39. The Balaban J connectivity index is 3.30. The molecule has 106 valence electrons. The van der Waals surface area contributed by atoms with Gasteiger partial charge in [-0.25, -0.2) is 0 Å². The maximum atomic E-state index is 12.6. The highest BCUT2D eigenvalue weighted by Gasteiger charge is 2.33. The van der Waals surface area contributed by atoms with Gasteiger partial charge in [0, 0.05) is 16.6 Å². The number of rotatable bonds is 4. The number of nitrogens with two attached hydrogens (primary N) is 1. The molecule has 19 heavy (non-hydrogen) atoms. The second-order valence-electron chi connectivity index (χ2n) is 3.78. The molecule has 0 radical (unpaired) electrons. The number of hydrogen-bond acceptors (Lipinski definition) is 3. The summed E-state index contributed by atoms with van der Waals surface area (Å²) in [7, 11) is 1.16. The molecule has 0 aliphatic heterocycles. The minimum Gasteiger partial charge on any atom is -0.496 e. The molecule has 0 aliphatic carbocycles.